The highest BCUT2D eigenvalue weighted by Crippen LogP contribution is 2.26. The first kappa shape index (κ1) is 18.8. The predicted octanol–water partition coefficient (Wildman–Crippen LogP) is 4.89. The number of carbonyl (C=O) groups excluding carboxylic acids is 2. The number of anilines is 3. The third-order valence-electron chi connectivity index (χ3n) is 3.56. The van der Waals surface area contributed by atoms with Crippen molar-refractivity contribution in [2.45, 2.75) is 0 Å². The summed E-state index contributed by atoms with van der Waals surface area (Å²) in [5, 5.41) is 9.28. The van der Waals surface area contributed by atoms with Crippen LogP contribution in [0.5, 0.6) is 0 Å². The predicted molar refractivity (Wildman–Crippen MR) is 107 cm³/mol. The van der Waals surface area contributed by atoms with E-state index in [1.165, 1.54) is 6.26 Å². The highest BCUT2D eigenvalue weighted by Gasteiger charge is 2.13. The summed E-state index contributed by atoms with van der Waals surface area (Å²) in [5.74, 6) is -0.551. The number of halogens is 2. The van der Waals surface area contributed by atoms with Crippen molar-refractivity contribution in [3.63, 3.8) is 0 Å². The molecule has 3 aromatic rings. The molecule has 0 aliphatic heterocycles. The van der Waals surface area contributed by atoms with E-state index in [0.29, 0.717) is 27.1 Å². The van der Waals surface area contributed by atoms with Crippen LogP contribution in [-0.4, -0.2) is 18.4 Å². The van der Waals surface area contributed by atoms with Gasteiger partial charge in [-0.1, -0.05) is 35.3 Å². The quantitative estimate of drug-likeness (QED) is 0.546. The van der Waals surface area contributed by atoms with E-state index in [0.717, 1.165) is 0 Å². The van der Waals surface area contributed by atoms with Gasteiger partial charge in [-0.15, -0.1) is 0 Å². The fourth-order valence-corrected chi connectivity index (χ4v) is 2.65. The van der Waals surface area contributed by atoms with Crippen molar-refractivity contribution in [1.29, 1.82) is 0 Å². The van der Waals surface area contributed by atoms with Gasteiger partial charge in [0.25, 0.3) is 5.91 Å². The Kier molecular flexibility index (Phi) is 6.01. The molecule has 3 rings (SSSR count). The third-order valence-corrected chi connectivity index (χ3v) is 4.13. The van der Waals surface area contributed by atoms with Gasteiger partial charge < -0.3 is 20.4 Å². The molecule has 0 aliphatic rings. The van der Waals surface area contributed by atoms with Gasteiger partial charge in [0.15, 0.2) is 5.76 Å². The minimum atomic E-state index is -0.425. The van der Waals surface area contributed by atoms with Crippen LogP contribution in [0.25, 0.3) is 0 Å². The Hall–Kier alpha value is -2.96. The Morgan fingerprint density at radius 3 is 2.44 bits per heavy atom. The Morgan fingerprint density at radius 2 is 1.70 bits per heavy atom. The summed E-state index contributed by atoms with van der Waals surface area (Å²) < 4.78 is 5.07. The number of rotatable bonds is 6. The van der Waals surface area contributed by atoms with E-state index in [1.54, 1.807) is 54.6 Å². The summed E-state index contributed by atoms with van der Waals surface area (Å²) in [6, 6.07) is 15.0. The average Bonchev–Trinajstić information content (AvgIpc) is 3.18. The number of para-hydroxylation sites is 1. The molecule has 27 heavy (non-hydrogen) atoms. The Morgan fingerprint density at radius 1 is 0.889 bits per heavy atom. The minimum Gasteiger partial charge on any atom is -0.459 e. The summed E-state index contributed by atoms with van der Waals surface area (Å²) in [6.45, 7) is -0.0313. The number of amides is 2. The molecule has 1 heterocycles. The van der Waals surface area contributed by atoms with Crippen molar-refractivity contribution < 1.29 is 14.0 Å². The van der Waals surface area contributed by atoms with E-state index in [2.05, 4.69) is 16.0 Å². The highest BCUT2D eigenvalue weighted by molar-refractivity contribution is 6.33. The number of carbonyl (C=O) groups is 2. The van der Waals surface area contributed by atoms with Gasteiger partial charge in [-0.3, -0.25) is 9.59 Å². The lowest BCUT2D eigenvalue weighted by atomic mass is 10.2. The van der Waals surface area contributed by atoms with E-state index in [-0.39, 0.29) is 18.2 Å². The topological polar surface area (TPSA) is 83.4 Å². The van der Waals surface area contributed by atoms with Gasteiger partial charge >= 0.3 is 0 Å². The average molecular weight is 404 g/mol. The van der Waals surface area contributed by atoms with Gasteiger partial charge in [0, 0.05) is 5.02 Å². The first-order valence-corrected chi connectivity index (χ1v) is 8.71. The second kappa shape index (κ2) is 8.62. The molecule has 0 spiro atoms. The van der Waals surface area contributed by atoms with E-state index in [1.807, 2.05) is 0 Å². The molecule has 0 unspecified atom stereocenters. The van der Waals surface area contributed by atoms with Crippen LogP contribution in [0.1, 0.15) is 10.6 Å². The zero-order valence-electron chi connectivity index (χ0n) is 14.0. The van der Waals surface area contributed by atoms with Crippen molar-refractivity contribution >= 4 is 52.1 Å². The van der Waals surface area contributed by atoms with Crippen molar-refractivity contribution in [1.82, 2.24) is 0 Å². The van der Waals surface area contributed by atoms with Gasteiger partial charge in [0.2, 0.25) is 5.91 Å². The Balaban J connectivity index is 1.67. The molecule has 2 amide bonds. The summed E-state index contributed by atoms with van der Waals surface area (Å²) in [5.41, 5.74) is 1.48. The minimum absolute atomic E-state index is 0.0313. The molecule has 6 nitrogen and oxygen atoms in total. The Labute approximate surface area is 165 Å². The smallest absolute Gasteiger partial charge is 0.291 e. The normalized spacial score (nSPS) is 10.3. The molecule has 2 aromatic carbocycles. The molecule has 0 atom stereocenters. The number of nitrogens with one attached hydrogen (secondary N) is 3. The van der Waals surface area contributed by atoms with E-state index < -0.39 is 5.91 Å². The molecule has 0 saturated carbocycles. The van der Waals surface area contributed by atoms with Crippen molar-refractivity contribution in [2.75, 3.05) is 22.5 Å². The summed E-state index contributed by atoms with van der Waals surface area (Å²) in [4.78, 5) is 24.4. The summed E-state index contributed by atoms with van der Waals surface area (Å²) in [6.07, 6.45) is 1.41. The third kappa shape index (κ3) is 5.03. The zero-order valence-corrected chi connectivity index (χ0v) is 15.5. The highest BCUT2D eigenvalue weighted by atomic mass is 35.5. The first-order chi connectivity index (χ1) is 13.0. The summed E-state index contributed by atoms with van der Waals surface area (Å²) >= 11 is 12.0. The molecule has 0 bridgehead atoms. The molecule has 0 saturated heterocycles. The molecule has 0 aliphatic carbocycles. The number of hydrogen-bond acceptors (Lipinski definition) is 4. The van der Waals surface area contributed by atoms with Crippen LogP contribution < -0.4 is 16.0 Å². The van der Waals surface area contributed by atoms with Crippen molar-refractivity contribution in [2.24, 2.45) is 0 Å². The molecular formula is C19H15Cl2N3O3. The van der Waals surface area contributed by atoms with E-state index in [9.17, 15) is 9.59 Å². The molecule has 3 N–H and O–H groups in total. The Bertz CT molecular complexity index is 959. The lowest BCUT2D eigenvalue weighted by Gasteiger charge is -2.13. The molecule has 138 valence electrons. The maximum absolute atomic E-state index is 12.2. The fourth-order valence-electron chi connectivity index (χ4n) is 2.30. The van der Waals surface area contributed by atoms with E-state index >= 15 is 0 Å². The maximum Gasteiger partial charge on any atom is 0.291 e. The zero-order chi connectivity index (χ0) is 19.2. The van der Waals surface area contributed by atoms with Gasteiger partial charge in [0.05, 0.1) is 34.9 Å². The number of benzene rings is 2. The van der Waals surface area contributed by atoms with Gasteiger partial charge in [0.1, 0.15) is 0 Å². The first-order valence-electron chi connectivity index (χ1n) is 7.95. The van der Waals surface area contributed by atoms with E-state index in [4.69, 9.17) is 27.6 Å². The van der Waals surface area contributed by atoms with Gasteiger partial charge in [-0.2, -0.15) is 0 Å². The second-order valence-electron chi connectivity index (χ2n) is 5.50. The SMILES string of the molecule is O=C(CNc1ccc(Cl)cc1NC(=O)c1ccco1)Nc1ccccc1Cl. The second-order valence-corrected chi connectivity index (χ2v) is 6.35. The fraction of sp³-hybridized carbons (Fsp3) is 0.0526. The van der Waals surface area contributed by atoms with Crippen LogP contribution in [0.4, 0.5) is 17.1 Å². The van der Waals surface area contributed by atoms with Gasteiger partial charge in [-0.05, 0) is 42.5 Å². The summed E-state index contributed by atoms with van der Waals surface area (Å²) in [7, 11) is 0. The lowest BCUT2D eigenvalue weighted by Crippen LogP contribution is -2.22. The molecule has 8 heteroatoms. The van der Waals surface area contributed by atoms with Crippen LogP contribution in [0, 0.1) is 0 Å². The monoisotopic (exact) mass is 403 g/mol. The standard InChI is InChI=1S/C19H15Cl2N3O3/c20-12-7-8-15(16(10-12)24-19(26)17-6-3-9-27-17)22-11-18(25)23-14-5-2-1-4-13(14)21/h1-10,22H,11H2,(H,23,25)(H,24,26). The number of furan rings is 1. The largest absolute Gasteiger partial charge is 0.459 e. The van der Waals surface area contributed by atoms with Crippen LogP contribution in [0.2, 0.25) is 10.0 Å². The van der Waals surface area contributed by atoms with Crippen LogP contribution in [0.15, 0.2) is 65.3 Å². The molecule has 0 radical (unpaired) electrons. The lowest BCUT2D eigenvalue weighted by molar-refractivity contribution is -0.114. The molecule has 1 aromatic heterocycles. The van der Waals surface area contributed by atoms with Crippen LogP contribution in [0.3, 0.4) is 0 Å². The molecule has 0 fully saturated rings. The number of hydrogen-bond donors (Lipinski definition) is 3. The van der Waals surface area contributed by atoms with Crippen molar-refractivity contribution in [3.8, 4) is 0 Å². The molecular weight excluding hydrogens is 389 g/mol. The maximum atomic E-state index is 12.2. The van der Waals surface area contributed by atoms with Crippen LogP contribution >= 0.6 is 23.2 Å². The van der Waals surface area contributed by atoms with Gasteiger partial charge in [-0.25, -0.2) is 0 Å². The van der Waals surface area contributed by atoms with Crippen molar-refractivity contribution in [3.05, 3.63) is 76.7 Å². The van der Waals surface area contributed by atoms with Crippen LogP contribution in [-0.2, 0) is 4.79 Å².